The van der Waals surface area contributed by atoms with Crippen LogP contribution >= 0.6 is 0 Å². The SMILES string of the molecule is CC(C)C[NH+]1CCO[C@@H](CNC(=O)COc2ccc(C(=O)c3ccccc3)cc2)C1. The summed E-state index contributed by atoms with van der Waals surface area (Å²) in [6, 6.07) is 16.0. The molecule has 1 fully saturated rings. The van der Waals surface area contributed by atoms with E-state index in [2.05, 4.69) is 19.2 Å². The zero-order valence-electron chi connectivity index (χ0n) is 17.7. The van der Waals surface area contributed by atoms with Crippen molar-refractivity contribution in [3.63, 3.8) is 0 Å². The minimum Gasteiger partial charge on any atom is -0.484 e. The average Bonchev–Trinajstić information content (AvgIpc) is 2.76. The van der Waals surface area contributed by atoms with Crippen LogP contribution in [0.5, 0.6) is 5.75 Å². The second kappa shape index (κ2) is 10.9. The van der Waals surface area contributed by atoms with Crippen LogP contribution in [0.1, 0.15) is 29.8 Å². The lowest BCUT2D eigenvalue weighted by Gasteiger charge is -2.31. The minimum absolute atomic E-state index is 0.0407. The zero-order chi connectivity index (χ0) is 21.3. The van der Waals surface area contributed by atoms with E-state index in [0.29, 0.717) is 29.3 Å². The Labute approximate surface area is 178 Å². The molecule has 0 radical (unpaired) electrons. The smallest absolute Gasteiger partial charge is 0.258 e. The van der Waals surface area contributed by atoms with Gasteiger partial charge in [-0.2, -0.15) is 0 Å². The number of hydrogen-bond donors (Lipinski definition) is 2. The molecule has 1 amide bonds. The molecule has 160 valence electrons. The molecule has 6 nitrogen and oxygen atoms in total. The van der Waals surface area contributed by atoms with Crippen LogP contribution in [0, 0.1) is 5.92 Å². The zero-order valence-corrected chi connectivity index (χ0v) is 17.7. The van der Waals surface area contributed by atoms with Gasteiger partial charge in [-0.1, -0.05) is 44.2 Å². The number of ketones is 1. The molecule has 1 saturated heterocycles. The minimum atomic E-state index is -0.181. The Morgan fingerprint density at radius 2 is 1.80 bits per heavy atom. The van der Waals surface area contributed by atoms with Crippen LogP contribution in [0.3, 0.4) is 0 Å². The highest BCUT2D eigenvalue weighted by molar-refractivity contribution is 6.08. The third-order valence-electron chi connectivity index (χ3n) is 5.07. The number of rotatable bonds is 9. The molecule has 0 aliphatic carbocycles. The van der Waals surface area contributed by atoms with Gasteiger partial charge in [-0.15, -0.1) is 0 Å². The van der Waals surface area contributed by atoms with Gasteiger partial charge in [0.1, 0.15) is 24.9 Å². The number of nitrogens with one attached hydrogen (secondary N) is 2. The predicted molar refractivity (Wildman–Crippen MR) is 115 cm³/mol. The van der Waals surface area contributed by atoms with E-state index in [1.165, 1.54) is 4.90 Å². The van der Waals surface area contributed by atoms with Crippen molar-refractivity contribution in [2.24, 2.45) is 5.92 Å². The molecule has 2 atom stereocenters. The number of benzene rings is 2. The van der Waals surface area contributed by atoms with Crippen molar-refractivity contribution in [1.29, 1.82) is 0 Å². The molecule has 0 aromatic heterocycles. The number of morpholine rings is 1. The van der Waals surface area contributed by atoms with E-state index in [1.54, 1.807) is 36.4 Å². The van der Waals surface area contributed by atoms with E-state index in [1.807, 2.05) is 18.2 Å². The maximum Gasteiger partial charge on any atom is 0.258 e. The van der Waals surface area contributed by atoms with E-state index in [4.69, 9.17) is 9.47 Å². The highest BCUT2D eigenvalue weighted by Gasteiger charge is 2.24. The Kier molecular flexibility index (Phi) is 7.99. The summed E-state index contributed by atoms with van der Waals surface area (Å²) < 4.78 is 11.3. The van der Waals surface area contributed by atoms with Gasteiger partial charge in [-0.25, -0.2) is 0 Å². The predicted octanol–water partition coefficient (Wildman–Crippen LogP) is 1.35. The monoisotopic (exact) mass is 411 g/mol. The van der Waals surface area contributed by atoms with Crippen LogP contribution in [0.25, 0.3) is 0 Å². The fourth-order valence-electron chi connectivity index (χ4n) is 3.63. The second-order valence-corrected chi connectivity index (χ2v) is 8.11. The summed E-state index contributed by atoms with van der Waals surface area (Å²) in [6.45, 7) is 8.66. The van der Waals surface area contributed by atoms with Gasteiger partial charge in [-0.05, 0) is 24.3 Å². The Morgan fingerprint density at radius 3 is 2.50 bits per heavy atom. The lowest BCUT2D eigenvalue weighted by atomic mass is 10.0. The summed E-state index contributed by atoms with van der Waals surface area (Å²) in [7, 11) is 0. The number of ether oxygens (including phenoxy) is 2. The highest BCUT2D eigenvalue weighted by Crippen LogP contribution is 2.15. The van der Waals surface area contributed by atoms with Gasteiger partial charge in [0.15, 0.2) is 12.4 Å². The first-order valence-electron chi connectivity index (χ1n) is 10.6. The summed E-state index contributed by atoms with van der Waals surface area (Å²) in [5.74, 6) is 0.979. The number of carbonyl (C=O) groups is 2. The van der Waals surface area contributed by atoms with E-state index in [9.17, 15) is 9.59 Å². The molecule has 0 bridgehead atoms. The van der Waals surface area contributed by atoms with Crippen LogP contribution in [-0.2, 0) is 9.53 Å². The molecule has 30 heavy (non-hydrogen) atoms. The van der Waals surface area contributed by atoms with Crippen LogP contribution in [0.15, 0.2) is 54.6 Å². The molecule has 0 spiro atoms. The number of hydrogen-bond acceptors (Lipinski definition) is 4. The topological polar surface area (TPSA) is 69.1 Å². The van der Waals surface area contributed by atoms with Gasteiger partial charge in [-0.3, -0.25) is 9.59 Å². The molecular weight excluding hydrogens is 380 g/mol. The van der Waals surface area contributed by atoms with E-state index < -0.39 is 0 Å². The Morgan fingerprint density at radius 1 is 1.10 bits per heavy atom. The van der Waals surface area contributed by atoms with Gasteiger partial charge in [0.2, 0.25) is 0 Å². The molecule has 6 heteroatoms. The molecular formula is C24H31N2O4+. The Balaban J connectivity index is 1.41. The van der Waals surface area contributed by atoms with Crippen molar-refractivity contribution in [2.75, 3.05) is 39.4 Å². The second-order valence-electron chi connectivity index (χ2n) is 8.11. The third kappa shape index (κ3) is 6.68. The van der Waals surface area contributed by atoms with Crippen molar-refractivity contribution in [3.05, 3.63) is 65.7 Å². The fourth-order valence-corrected chi connectivity index (χ4v) is 3.63. The van der Waals surface area contributed by atoms with Gasteiger partial charge in [0, 0.05) is 23.6 Å². The van der Waals surface area contributed by atoms with Gasteiger partial charge in [0.05, 0.1) is 13.2 Å². The fraction of sp³-hybridized carbons (Fsp3) is 0.417. The standard InChI is InChI=1S/C24H30N2O4/c1-18(2)15-26-12-13-29-22(16-26)14-25-23(27)17-30-21-10-8-20(9-11-21)24(28)19-6-4-3-5-7-19/h3-11,18,22H,12-17H2,1-2H3,(H,25,27)/p+1/t22-/m0/s1. The quantitative estimate of drug-likeness (QED) is 0.612. The Bertz CT molecular complexity index is 821. The van der Waals surface area contributed by atoms with E-state index in [-0.39, 0.29) is 24.4 Å². The number of amides is 1. The molecule has 1 unspecified atom stereocenters. The molecule has 2 N–H and O–H groups in total. The maximum absolute atomic E-state index is 12.4. The van der Waals surface area contributed by atoms with Crippen LogP contribution in [0.4, 0.5) is 0 Å². The van der Waals surface area contributed by atoms with Gasteiger partial charge in [0.25, 0.3) is 5.91 Å². The Hall–Kier alpha value is -2.70. The number of carbonyl (C=O) groups excluding carboxylic acids is 2. The molecule has 1 aliphatic rings. The lowest BCUT2D eigenvalue weighted by Crippen LogP contribution is -3.15. The first-order valence-corrected chi connectivity index (χ1v) is 10.6. The van der Waals surface area contributed by atoms with E-state index >= 15 is 0 Å². The van der Waals surface area contributed by atoms with E-state index in [0.717, 1.165) is 26.2 Å². The van der Waals surface area contributed by atoms with Gasteiger partial charge >= 0.3 is 0 Å². The molecule has 1 heterocycles. The molecule has 2 aromatic carbocycles. The first-order chi connectivity index (χ1) is 14.5. The number of quaternary nitrogens is 1. The van der Waals surface area contributed by atoms with Gasteiger partial charge < -0.3 is 19.7 Å². The van der Waals surface area contributed by atoms with Crippen LogP contribution < -0.4 is 15.0 Å². The summed E-state index contributed by atoms with van der Waals surface area (Å²) >= 11 is 0. The maximum atomic E-state index is 12.4. The summed E-state index contributed by atoms with van der Waals surface area (Å²) in [4.78, 5) is 26.1. The summed E-state index contributed by atoms with van der Waals surface area (Å²) in [5, 5.41) is 2.89. The normalized spacial score (nSPS) is 18.8. The lowest BCUT2D eigenvalue weighted by molar-refractivity contribution is -0.914. The van der Waals surface area contributed by atoms with Crippen molar-refractivity contribution < 1.29 is 24.0 Å². The first kappa shape index (κ1) is 22.0. The highest BCUT2D eigenvalue weighted by atomic mass is 16.5. The average molecular weight is 412 g/mol. The van der Waals surface area contributed by atoms with Crippen molar-refractivity contribution in [2.45, 2.75) is 20.0 Å². The van der Waals surface area contributed by atoms with Crippen molar-refractivity contribution >= 4 is 11.7 Å². The summed E-state index contributed by atoms with van der Waals surface area (Å²) in [6.07, 6.45) is 0.0414. The van der Waals surface area contributed by atoms with Crippen LogP contribution in [0.2, 0.25) is 0 Å². The summed E-state index contributed by atoms with van der Waals surface area (Å²) in [5.41, 5.74) is 1.23. The molecule has 0 saturated carbocycles. The van der Waals surface area contributed by atoms with Crippen molar-refractivity contribution in [1.82, 2.24) is 5.32 Å². The molecule has 2 aromatic rings. The largest absolute Gasteiger partial charge is 0.484 e. The molecule has 1 aliphatic heterocycles. The molecule has 3 rings (SSSR count). The van der Waals surface area contributed by atoms with Crippen molar-refractivity contribution in [3.8, 4) is 5.75 Å². The third-order valence-corrected chi connectivity index (χ3v) is 5.07. The van der Waals surface area contributed by atoms with Crippen LogP contribution in [-0.4, -0.2) is 57.2 Å².